The Balaban J connectivity index is 1.78. The molecule has 1 fully saturated rings. The molecule has 2 heterocycles. The van der Waals surface area contributed by atoms with Gasteiger partial charge in [0.2, 0.25) is 5.91 Å². The van der Waals surface area contributed by atoms with Crippen molar-refractivity contribution in [2.24, 2.45) is 0 Å². The molecular formula is C12H18ClN3OS. The van der Waals surface area contributed by atoms with Gasteiger partial charge in [-0.1, -0.05) is 0 Å². The van der Waals surface area contributed by atoms with Gasteiger partial charge in [0.1, 0.15) is 5.01 Å². The van der Waals surface area contributed by atoms with Crippen LogP contribution >= 0.6 is 22.9 Å². The van der Waals surface area contributed by atoms with Gasteiger partial charge in [-0.3, -0.25) is 9.69 Å². The van der Waals surface area contributed by atoms with Crippen LogP contribution in [0.3, 0.4) is 0 Å². The molecule has 0 bridgehead atoms. The highest BCUT2D eigenvalue weighted by Gasteiger charge is 2.20. The number of hydrogen-bond acceptors (Lipinski definition) is 4. The first-order valence-corrected chi connectivity index (χ1v) is 7.57. The molecule has 2 rings (SSSR count). The minimum absolute atomic E-state index is 0.176. The second-order valence-corrected chi connectivity index (χ2v) is 5.80. The number of rotatable bonds is 4. The van der Waals surface area contributed by atoms with Crippen molar-refractivity contribution >= 4 is 28.8 Å². The van der Waals surface area contributed by atoms with Crippen molar-refractivity contribution in [2.75, 3.05) is 32.1 Å². The average molecular weight is 288 g/mol. The van der Waals surface area contributed by atoms with E-state index in [1.807, 2.05) is 11.8 Å². The number of piperazine rings is 1. The summed E-state index contributed by atoms with van der Waals surface area (Å²) in [6, 6.07) is 0. The second-order valence-electron chi connectivity index (χ2n) is 4.48. The molecule has 1 aromatic heterocycles. The smallest absolute Gasteiger partial charge is 0.223 e. The molecule has 0 aliphatic carbocycles. The highest BCUT2D eigenvalue weighted by molar-refractivity contribution is 7.09. The van der Waals surface area contributed by atoms with E-state index in [9.17, 15) is 4.79 Å². The summed E-state index contributed by atoms with van der Waals surface area (Å²) in [4.78, 5) is 20.4. The number of nitrogens with zero attached hydrogens (tertiary/aromatic N) is 3. The van der Waals surface area contributed by atoms with Crippen molar-refractivity contribution in [3.63, 3.8) is 0 Å². The van der Waals surface area contributed by atoms with Crippen LogP contribution in [-0.4, -0.2) is 52.8 Å². The number of amides is 1. The summed E-state index contributed by atoms with van der Waals surface area (Å²) in [5.41, 5.74) is 1.09. The minimum Gasteiger partial charge on any atom is -0.340 e. The molecule has 0 saturated carbocycles. The minimum atomic E-state index is 0.176. The molecule has 1 saturated heterocycles. The summed E-state index contributed by atoms with van der Waals surface area (Å²) in [5.74, 6) is 0.590. The van der Waals surface area contributed by atoms with Gasteiger partial charge in [-0.05, 0) is 6.92 Å². The maximum Gasteiger partial charge on any atom is 0.223 e. The first kappa shape index (κ1) is 13.8. The van der Waals surface area contributed by atoms with E-state index in [-0.39, 0.29) is 5.91 Å². The van der Waals surface area contributed by atoms with Crippen LogP contribution in [0.25, 0.3) is 0 Å². The highest BCUT2D eigenvalue weighted by Crippen LogP contribution is 2.13. The van der Waals surface area contributed by atoms with E-state index in [1.54, 1.807) is 11.3 Å². The monoisotopic (exact) mass is 287 g/mol. The number of alkyl halides is 1. The van der Waals surface area contributed by atoms with E-state index in [4.69, 9.17) is 11.6 Å². The highest BCUT2D eigenvalue weighted by atomic mass is 35.5. The lowest BCUT2D eigenvalue weighted by Gasteiger charge is -2.34. The summed E-state index contributed by atoms with van der Waals surface area (Å²) in [6.45, 7) is 6.37. The van der Waals surface area contributed by atoms with Crippen molar-refractivity contribution in [3.05, 3.63) is 16.1 Å². The fourth-order valence-corrected chi connectivity index (χ4v) is 3.04. The van der Waals surface area contributed by atoms with E-state index in [0.29, 0.717) is 12.3 Å². The Hall–Kier alpha value is -0.650. The summed E-state index contributed by atoms with van der Waals surface area (Å²) in [6.07, 6.45) is 0.452. The van der Waals surface area contributed by atoms with E-state index in [2.05, 4.69) is 15.3 Å². The Morgan fingerprint density at radius 1 is 1.44 bits per heavy atom. The maximum atomic E-state index is 11.7. The lowest BCUT2D eigenvalue weighted by Crippen LogP contribution is -2.48. The molecule has 0 aromatic carbocycles. The number of hydrogen-bond donors (Lipinski definition) is 0. The van der Waals surface area contributed by atoms with Crippen LogP contribution in [-0.2, 0) is 11.3 Å². The van der Waals surface area contributed by atoms with Crippen LogP contribution in [0.4, 0.5) is 0 Å². The zero-order valence-electron chi connectivity index (χ0n) is 10.6. The van der Waals surface area contributed by atoms with Crippen molar-refractivity contribution in [3.8, 4) is 0 Å². The zero-order chi connectivity index (χ0) is 13.0. The van der Waals surface area contributed by atoms with Crippen LogP contribution in [0.2, 0.25) is 0 Å². The Morgan fingerprint density at radius 3 is 2.72 bits per heavy atom. The van der Waals surface area contributed by atoms with Gasteiger partial charge in [-0.15, -0.1) is 22.9 Å². The molecule has 18 heavy (non-hydrogen) atoms. The van der Waals surface area contributed by atoms with Crippen LogP contribution in [0.1, 0.15) is 17.1 Å². The van der Waals surface area contributed by atoms with Crippen molar-refractivity contribution in [1.82, 2.24) is 14.8 Å². The number of carbonyl (C=O) groups is 1. The van der Waals surface area contributed by atoms with Gasteiger partial charge in [0.25, 0.3) is 0 Å². The first-order chi connectivity index (χ1) is 8.69. The molecule has 0 radical (unpaired) electrons. The largest absolute Gasteiger partial charge is 0.340 e. The molecule has 1 aliphatic rings. The molecule has 0 unspecified atom stereocenters. The molecule has 1 amide bonds. The van der Waals surface area contributed by atoms with Crippen LogP contribution in [0.5, 0.6) is 0 Å². The standard InChI is InChI=1S/C12H18ClN3OS/c1-10-9-18-11(14-10)8-15-4-6-16(7-5-15)12(17)2-3-13/h9H,2-8H2,1H3. The van der Waals surface area contributed by atoms with Gasteiger partial charge in [-0.2, -0.15) is 0 Å². The molecule has 100 valence electrons. The molecule has 1 aliphatic heterocycles. The van der Waals surface area contributed by atoms with Gasteiger partial charge in [0.05, 0.1) is 6.54 Å². The van der Waals surface area contributed by atoms with E-state index < -0.39 is 0 Å². The van der Waals surface area contributed by atoms with Gasteiger partial charge >= 0.3 is 0 Å². The van der Waals surface area contributed by atoms with Gasteiger partial charge in [0, 0.05) is 49.6 Å². The van der Waals surface area contributed by atoms with E-state index >= 15 is 0 Å². The Morgan fingerprint density at radius 2 is 2.17 bits per heavy atom. The predicted molar refractivity (Wildman–Crippen MR) is 74.0 cm³/mol. The van der Waals surface area contributed by atoms with Gasteiger partial charge in [0.15, 0.2) is 0 Å². The zero-order valence-corrected chi connectivity index (χ0v) is 12.1. The molecule has 0 spiro atoms. The molecule has 1 aromatic rings. The first-order valence-electron chi connectivity index (χ1n) is 6.16. The number of aryl methyl sites for hydroxylation is 1. The lowest BCUT2D eigenvalue weighted by atomic mass is 10.3. The quantitative estimate of drug-likeness (QED) is 0.791. The van der Waals surface area contributed by atoms with Crippen LogP contribution in [0, 0.1) is 6.92 Å². The number of halogens is 1. The number of thiazole rings is 1. The van der Waals surface area contributed by atoms with E-state index in [0.717, 1.165) is 43.4 Å². The summed E-state index contributed by atoms with van der Waals surface area (Å²) in [7, 11) is 0. The summed E-state index contributed by atoms with van der Waals surface area (Å²) < 4.78 is 0. The Labute approximate surface area is 117 Å². The molecule has 0 atom stereocenters. The Bertz CT molecular complexity index is 402. The van der Waals surface area contributed by atoms with Crippen molar-refractivity contribution in [2.45, 2.75) is 19.9 Å². The normalized spacial score (nSPS) is 17.1. The third-order valence-electron chi connectivity index (χ3n) is 3.06. The number of aromatic nitrogens is 1. The average Bonchev–Trinajstić information content (AvgIpc) is 2.76. The van der Waals surface area contributed by atoms with Crippen molar-refractivity contribution in [1.29, 1.82) is 0 Å². The van der Waals surface area contributed by atoms with Gasteiger partial charge < -0.3 is 4.90 Å². The topological polar surface area (TPSA) is 36.4 Å². The predicted octanol–water partition coefficient (Wildman–Crippen LogP) is 1.72. The summed E-state index contributed by atoms with van der Waals surface area (Å²) >= 11 is 7.30. The van der Waals surface area contributed by atoms with Crippen molar-refractivity contribution < 1.29 is 4.79 Å². The molecule has 6 heteroatoms. The fraction of sp³-hybridized carbons (Fsp3) is 0.667. The number of carbonyl (C=O) groups excluding carboxylic acids is 1. The van der Waals surface area contributed by atoms with Crippen LogP contribution < -0.4 is 0 Å². The third kappa shape index (κ3) is 3.67. The fourth-order valence-electron chi connectivity index (χ4n) is 2.06. The van der Waals surface area contributed by atoms with Crippen LogP contribution in [0.15, 0.2) is 5.38 Å². The second kappa shape index (κ2) is 6.50. The molecule has 4 nitrogen and oxygen atoms in total. The molecular weight excluding hydrogens is 270 g/mol. The molecule has 0 N–H and O–H groups in total. The van der Waals surface area contributed by atoms with E-state index in [1.165, 1.54) is 0 Å². The third-order valence-corrected chi connectivity index (χ3v) is 4.20. The lowest BCUT2D eigenvalue weighted by molar-refractivity contribution is -0.132. The SMILES string of the molecule is Cc1csc(CN2CCN(C(=O)CCCl)CC2)n1. The Kier molecular flexibility index (Phi) is 4.97. The van der Waals surface area contributed by atoms with Gasteiger partial charge in [-0.25, -0.2) is 4.98 Å². The maximum absolute atomic E-state index is 11.7. The summed E-state index contributed by atoms with van der Waals surface area (Å²) in [5, 5.41) is 3.24.